The summed E-state index contributed by atoms with van der Waals surface area (Å²) in [6, 6.07) is 0. The molecule has 0 rings (SSSR count). The highest BCUT2D eigenvalue weighted by Gasteiger charge is 2.42. The van der Waals surface area contributed by atoms with Gasteiger partial charge in [0.15, 0.2) is 0 Å². The monoisotopic (exact) mass is 227 g/mol. The van der Waals surface area contributed by atoms with Crippen molar-refractivity contribution in [3.63, 3.8) is 0 Å². The highest BCUT2D eigenvalue weighted by atomic mass is 19.4. The fraction of sp³-hybridized carbons (Fsp3) is 0.750. The van der Waals surface area contributed by atoms with E-state index in [1.807, 2.05) is 0 Å². The molecule has 0 heterocycles. The average Bonchev–Trinajstić information content (AvgIpc) is 2.12. The molecule has 15 heavy (non-hydrogen) atoms. The van der Waals surface area contributed by atoms with Gasteiger partial charge in [0.2, 0.25) is 0 Å². The van der Waals surface area contributed by atoms with Gasteiger partial charge in [0.1, 0.15) is 0 Å². The van der Waals surface area contributed by atoms with E-state index >= 15 is 0 Å². The first-order valence-electron chi connectivity index (χ1n) is 4.35. The van der Waals surface area contributed by atoms with Crippen LogP contribution in [0, 0.1) is 0 Å². The van der Waals surface area contributed by atoms with Crippen LogP contribution in [0.1, 0.15) is 13.8 Å². The maximum absolute atomic E-state index is 11.7. The first-order valence-corrected chi connectivity index (χ1v) is 4.35. The van der Waals surface area contributed by atoms with Crippen molar-refractivity contribution in [3.05, 3.63) is 0 Å². The summed E-state index contributed by atoms with van der Waals surface area (Å²) < 4.78 is 38.6. The van der Waals surface area contributed by atoms with Gasteiger partial charge in [-0.1, -0.05) is 13.8 Å². The van der Waals surface area contributed by atoms with Crippen molar-refractivity contribution in [2.75, 3.05) is 19.6 Å². The fourth-order valence-corrected chi connectivity index (χ4v) is 0.823. The quantitative estimate of drug-likeness (QED) is 0.530. The van der Waals surface area contributed by atoms with Crippen LogP contribution in [0.15, 0.2) is 0 Å². The van der Waals surface area contributed by atoms with Crippen LogP contribution in [-0.2, 0) is 14.3 Å². The zero-order chi connectivity index (χ0) is 12.1. The molecule has 0 spiro atoms. The summed E-state index contributed by atoms with van der Waals surface area (Å²) in [6.45, 7) is 4.14. The van der Waals surface area contributed by atoms with Gasteiger partial charge < -0.3 is 4.74 Å². The number of likely N-dealkylation sites (N-methyl/N-ethyl adjacent to an activating group) is 1. The molecule has 0 aliphatic carbocycles. The number of halogens is 3. The van der Waals surface area contributed by atoms with Gasteiger partial charge in [-0.25, -0.2) is 4.79 Å². The summed E-state index contributed by atoms with van der Waals surface area (Å²) in [6.07, 6.45) is -5.13. The third kappa shape index (κ3) is 5.36. The highest BCUT2D eigenvalue weighted by Crippen LogP contribution is 2.16. The lowest BCUT2D eigenvalue weighted by molar-refractivity contribution is -0.202. The van der Waals surface area contributed by atoms with E-state index in [9.17, 15) is 22.8 Å². The fourth-order valence-electron chi connectivity index (χ4n) is 0.823. The molecule has 4 nitrogen and oxygen atoms in total. The average molecular weight is 227 g/mol. The van der Waals surface area contributed by atoms with Crippen molar-refractivity contribution in [1.82, 2.24) is 4.90 Å². The van der Waals surface area contributed by atoms with Crippen LogP contribution in [0.2, 0.25) is 0 Å². The molecular formula is C8H12F3NO3. The number of ether oxygens (including phenoxy) is 1. The molecule has 0 saturated heterocycles. The molecule has 0 fully saturated rings. The zero-order valence-corrected chi connectivity index (χ0v) is 8.43. The molecule has 0 aliphatic heterocycles. The first kappa shape index (κ1) is 13.9. The van der Waals surface area contributed by atoms with E-state index in [4.69, 9.17) is 0 Å². The molecule has 0 bridgehead atoms. The minimum atomic E-state index is -5.13. The Labute approximate surface area is 85.0 Å². The van der Waals surface area contributed by atoms with E-state index in [1.54, 1.807) is 13.8 Å². The van der Waals surface area contributed by atoms with Crippen LogP contribution in [0.3, 0.4) is 0 Å². The first-order chi connectivity index (χ1) is 6.81. The van der Waals surface area contributed by atoms with E-state index in [0.717, 1.165) is 0 Å². The van der Waals surface area contributed by atoms with Crippen molar-refractivity contribution >= 4 is 11.9 Å². The number of hydrogen-bond acceptors (Lipinski definition) is 4. The minimum Gasteiger partial charge on any atom is -0.385 e. The van der Waals surface area contributed by atoms with Crippen molar-refractivity contribution in [3.8, 4) is 0 Å². The maximum Gasteiger partial charge on any atom is 0.491 e. The molecule has 0 atom stereocenters. The second kappa shape index (κ2) is 5.69. The number of esters is 2. The second-order valence-corrected chi connectivity index (χ2v) is 2.72. The molecule has 0 unspecified atom stereocenters. The number of carbonyl (C=O) groups is 2. The van der Waals surface area contributed by atoms with Crippen LogP contribution in [0.5, 0.6) is 0 Å². The minimum absolute atomic E-state index is 0.325. The molecule has 0 N–H and O–H groups in total. The largest absolute Gasteiger partial charge is 0.491 e. The Morgan fingerprint density at radius 3 is 2.00 bits per heavy atom. The van der Waals surface area contributed by atoms with E-state index < -0.39 is 18.1 Å². The highest BCUT2D eigenvalue weighted by molar-refractivity contribution is 5.89. The molecular weight excluding hydrogens is 215 g/mol. The van der Waals surface area contributed by atoms with Gasteiger partial charge in [-0.15, -0.1) is 0 Å². The van der Waals surface area contributed by atoms with Crippen molar-refractivity contribution in [1.29, 1.82) is 0 Å². The van der Waals surface area contributed by atoms with Gasteiger partial charge in [-0.05, 0) is 13.1 Å². The SMILES string of the molecule is CCN(CC)CC(=O)OC(=O)C(F)(F)F. The van der Waals surface area contributed by atoms with Crippen LogP contribution < -0.4 is 0 Å². The van der Waals surface area contributed by atoms with Crippen LogP contribution in [-0.4, -0.2) is 42.6 Å². The summed E-state index contributed by atoms with van der Waals surface area (Å²) in [4.78, 5) is 22.6. The smallest absolute Gasteiger partial charge is 0.385 e. The summed E-state index contributed by atoms with van der Waals surface area (Å²) in [7, 11) is 0. The van der Waals surface area contributed by atoms with Gasteiger partial charge in [0.05, 0.1) is 6.54 Å². The van der Waals surface area contributed by atoms with Gasteiger partial charge in [-0.3, -0.25) is 9.69 Å². The number of carbonyl (C=O) groups excluding carboxylic acids is 2. The Morgan fingerprint density at radius 1 is 1.20 bits per heavy atom. The molecule has 0 saturated carbocycles. The molecule has 0 aromatic heterocycles. The third-order valence-corrected chi connectivity index (χ3v) is 1.69. The standard InChI is InChI=1S/C8H12F3NO3/c1-3-12(4-2)5-6(13)15-7(14)8(9,10)11/h3-5H2,1-2H3. The van der Waals surface area contributed by atoms with Gasteiger partial charge in [0.25, 0.3) is 0 Å². The van der Waals surface area contributed by atoms with Crippen LogP contribution >= 0.6 is 0 Å². The Morgan fingerprint density at radius 2 is 1.67 bits per heavy atom. The summed E-state index contributed by atoms with van der Waals surface area (Å²) in [5.74, 6) is -3.67. The van der Waals surface area contributed by atoms with E-state index in [-0.39, 0.29) is 6.54 Å². The van der Waals surface area contributed by atoms with Crippen molar-refractivity contribution in [2.45, 2.75) is 20.0 Å². The molecule has 0 amide bonds. The van der Waals surface area contributed by atoms with E-state index in [0.29, 0.717) is 13.1 Å². The molecule has 0 aliphatic rings. The normalized spacial score (nSPS) is 11.6. The van der Waals surface area contributed by atoms with Gasteiger partial charge in [0, 0.05) is 0 Å². The number of hydrogen-bond donors (Lipinski definition) is 0. The Kier molecular flexibility index (Phi) is 5.27. The number of rotatable bonds is 4. The molecule has 0 radical (unpaired) electrons. The lowest BCUT2D eigenvalue weighted by Crippen LogP contribution is -2.35. The number of alkyl halides is 3. The zero-order valence-electron chi connectivity index (χ0n) is 8.43. The van der Waals surface area contributed by atoms with Crippen LogP contribution in [0.4, 0.5) is 13.2 Å². The van der Waals surface area contributed by atoms with Gasteiger partial charge >= 0.3 is 18.1 Å². The Balaban J connectivity index is 4.10. The predicted octanol–water partition coefficient (Wildman–Crippen LogP) is 0.960. The topological polar surface area (TPSA) is 46.6 Å². The molecule has 0 aromatic rings. The second-order valence-electron chi connectivity index (χ2n) is 2.72. The maximum atomic E-state index is 11.7. The molecule has 0 aromatic carbocycles. The Bertz CT molecular complexity index is 236. The van der Waals surface area contributed by atoms with Crippen molar-refractivity contribution in [2.24, 2.45) is 0 Å². The lowest BCUT2D eigenvalue weighted by atomic mass is 10.5. The summed E-state index contributed by atoms with van der Waals surface area (Å²) in [5, 5.41) is 0. The summed E-state index contributed by atoms with van der Waals surface area (Å²) in [5.41, 5.74) is 0. The molecule has 88 valence electrons. The van der Waals surface area contributed by atoms with E-state index in [2.05, 4.69) is 4.74 Å². The number of nitrogens with zero attached hydrogens (tertiary/aromatic N) is 1. The van der Waals surface area contributed by atoms with Gasteiger partial charge in [-0.2, -0.15) is 13.2 Å². The van der Waals surface area contributed by atoms with Crippen LogP contribution in [0.25, 0.3) is 0 Å². The van der Waals surface area contributed by atoms with Crippen molar-refractivity contribution < 1.29 is 27.5 Å². The molecule has 7 heteroatoms. The summed E-state index contributed by atoms with van der Waals surface area (Å²) >= 11 is 0. The Hall–Kier alpha value is -1.11. The third-order valence-electron chi connectivity index (χ3n) is 1.69. The van der Waals surface area contributed by atoms with E-state index in [1.165, 1.54) is 4.90 Å². The lowest BCUT2D eigenvalue weighted by Gasteiger charge is -2.16. The predicted molar refractivity (Wildman–Crippen MR) is 44.9 cm³/mol.